The Bertz CT molecular complexity index is 644. The molecule has 0 aliphatic rings. The monoisotopic (exact) mass is 249 g/mol. The van der Waals surface area contributed by atoms with E-state index in [4.69, 9.17) is 0 Å². The minimum atomic E-state index is -3.63. The Kier molecular flexibility index (Phi) is 3.21. The van der Waals surface area contributed by atoms with Gasteiger partial charge in [-0.15, -0.1) is 0 Å². The van der Waals surface area contributed by atoms with Crippen LogP contribution in [0, 0.1) is 0 Å². The van der Waals surface area contributed by atoms with Crippen molar-refractivity contribution in [1.82, 2.24) is 4.72 Å². The first kappa shape index (κ1) is 11.8. The van der Waals surface area contributed by atoms with Crippen molar-refractivity contribution in [3.63, 3.8) is 0 Å². The second kappa shape index (κ2) is 4.65. The van der Waals surface area contributed by atoms with Crippen molar-refractivity contribution >= 4 is 27.1 Å². The molecule has 0 spiro atoms. The highest BCUT2D eigenvalue weighted by atomic mass is 32.2. The van der Waals surface area contributed by atoms with Gasteiger partial charge in [-0.05, 0) is 11.5 Å². The lowest BCUT2D eigenvalue weighted by molar-refractivity contribution is -0.106. The molecule has 0 radical (unpaired) electrons. The predicted octanol–water partition coefficient (Wildman–Crippen LogP) is 1.32. The van der Waals surface area contributed by atoms with E-state index >= 15 is 0 Å². The predicted molar refractivity (Wildman–Crippen MR) is 65.2 cm³/mol. The van der Waals surface area contributed by atoms with Crippen LogP contribution in [0.1, 0.15) is 0 Å². The van der Waals surface area contributed by atoms with Gasteiger partial charge in [0.2, 0.25) is 10.0 Å². The van der Waals surface area contributed by atoms with Crippen molar-refractivity contribution in [3.05, 3.63) is 42.5 Å². The maximum absolute atomic E-state index is 11.9. The molecule has 17 heavy (non-hydrogen) atoms. The van der Waals surface area contributed by atoms with Crippen LogP contribution in [0.5, 0.6) is 0 Å². The highest BCUT2D eigenvalue weighted by molar-refractivity contribution is 7.89. The third kappa shape index (κ3) is 2.35. The summed E-state index contributed by atoms with van der Waals surface area (Å²) in [5.74, 6) is 0. The molecule has 0 fully saturated rings. The summed E-state index contributed by atoms with van der Waals surface area (Å²) in [6.45, 7) is -0.217. The Labute approximate surface area is 99.3 Å². The van der Waals surface area contributed by atoms with Gasteiger partial charge in [0.15, 0.2) is 0 Å². The first-order valence-corrected chi connectivity index (χ1v) is 6.54. The Morgan fingerprint density at radius 3 is 2.53 bits per heavy atom. The molecule has 0 heterocycles. The van der Waals surface area contributed by atoms with Crippen LogP contribution >= 0.6 is 0 Å². The van der Waals surface area contributed by atoms with Gasteiger partial charge in [0, 0.05) is 5.39 Å². The standard InChI is InChI=1S/C12H11NO3S/c14-9-8-13-17(15,16)12-7-3-5-10-4-1-2-6-11(10)12/h1-7,9,13H,8H2. The summed E-state index contributed by atoms with van der Waals surface area (Å²) in [5, 5.41) is 1.50. The summed E-state index contributed by atoms with van der Waals surface area (Å²) < 4.78 is 26.1. The summed E-state index contributed by atoms with van der Waals surface area (Å²) in [6.07, 6.45) is 0.517. The van der Waals surface area contributed by atoms with E-state index in [0.717, 1.165) is 5.39 Å². The zero-order valence-corrected chi connectivity index (χ0v) is 9.78. The Hall–Kier alpha value is -1.72. The number of carbonyl (C=O) groups is 1. The zero-order chi connectivity index (χ0) is 12.3. The Morgan fingerprint density at radius 1 is 1.06 bits per heavy atom. The quantitative estimate of drug-likeness (QED) is 0.831. The molecule has 0 amide bonds. The number of nitrogens with one attached hydrogen (secondary N) is 1. The third-order valence-corrected chi connectivity index (χ3v) is 3.88. The number of rotatable bonds is 4. The molecule has 0 saturated heterocycles. The average Bonchev–Trinajstić information content (AvgIpc) is 2.36. The van der Waals surface area contributed by atoms with Crippen molar-refractivity contribution < 1.29 is 13.2 Å². The van der Waals surface area contributed by atoms with Crippen molar-refractivity contribution in [2.24, 2.45) is 0 Å². The van der Waals surface area contributed by atoms with E-state index in [1.54, 1.807) is 18.2 Å². The zero-order valence-electron chi connectivity index (χ0n) is 8.96. The summed E-state index contributed by atoms with van der Waals surface area (Å²) in [4.78, 5) is 10.4. The highest BCUT2D eigenvalue weighted by Gasteiger charge is 2.15. The number of fused-ring (bicyclic) bond motifs is 1. The summed E-state index contributed by atoms with van der Waals surface area (Å²) in [7, 11) is -3.63. The van der Waals surface area contributed by atoms with Crippen molar-refractivity contribution in [1.29, 1.82) is 0 Å². The SMILES string of the molecule is O=CCNS(=O)(=O)c1cccc2ccccc12. The van der Waals surface area contributed by atoms with Gasteiger partial charge in [-0.3, -0.25) is 0 Å². The molecule has 2 aromatic rings. The maximum Gasteiger partial charge on any atom is 0.241 e. The molecule has 0 saturated carbocycles. The van der Waals surface area contributed by atoms with E-state index in [-0.39, 0.29) is 11.4 Å². The number of benzene rings is 2. The maximum atomic E-state index is 11.9. The highest BCUT2D eigenvalue weighted by Crippen LogP contribution is 2.22. The first-order valence-electron chi connectivity index (χ1n) is 5.06. The molecule has 0 unspecified atom stereocenters. The summed E-state index contributed by atoms with van der Waals surface area (Å²) in [6, 6.07) is 12.2. The Balaban J connectivity index is 2.59. The van der Waals surface area contributed by atoms with Crippen LogP contribution in [0.15, 0.2) is 47.4 Å². The van der Waals surface area contributed by atoms with E-state index in [2.05, 4.69) is 4.72 Å². The van der Waals surface area contributed by atoms with Crippen LogP contribution in [0.3, 0.4) is 0 Å². The van der Waals surface area contributed by atoms with E-state index in [9.17, 15) is 13.2 Å². The van der Waals surface area contributed by atoms with Gasteiger partial charge in [0.25, 0.3) is 0 Å². The van der Waals surface area contributed by atoms with Gasteiger partial charge < -0.3 is 4.79 Å². The van der Waals surface area contributed by atoms with E-state index in [1.165, 1.54) is 6.07 Å². The molecule has 0 bridgehead atoms. The minimum absolute atomic E-state index is 0.192. The molecule has 2 rings (SSSR count). The number of sulfonamides is 1. The van der Waals surface area contributed by atoms with Gasteiger partial charge in [0.05, 0.1) is 11.4 Å². The van der Waals surface area contributed by atoms with Gasteiger partial charge in [-0.1, -0.05) is 36.4 Å². The largest absolute Gasteiger partial charge is 0.302 e. The van der Waals surface area contributed by atoms with Crippen LogP contribution in [0.2, 0.25) is 0 Å². The lowest BCUT2D eigenvalue weighted by Gasteiger charge is -2.07. The lowest BCUT2D eigenvalue weighted by Crippen LogP contribution is -2.25. The normalized spacial score (nSPS) is 11.5. The molecule has 4 nitrogen and oxygen atoms in total. The molecule has 0 atom stereocenters. The molecule has 1 N–H and O–H groups in total. The Morgan fingerprint density at radius 2 is 1.76 bits per heavy atom. The van der Waals surface area contributed by atoms with Crippen LogP contribution in [-0.2, 0) is 14.8 Å². The number of aldehydes is 1. The van der Waals surface area contributed by atoms with Gasteiger partial charge >= 0.3 is 0 Å². The molecule has 88 valence electrons. The molecule has 0 aromatic heterocycles. The van der Waals surface area contributed by atoms with Crippen molar-refractivity contribution in [3.8, 4) is 0 Å². The van der Waals surface area contributed by atoms with Gasteiger partial charge in [-0.2, -0.15) is 0 Å². The third-order valence-electron chi connectivity index (χ3n) is 2.40. The fraction of sp³-hybridized carbons (Fsp3) is 0.0833. The first-order chi connectivity index (χ1) is 8.15. The van der Waals surface area contributed by atoms with Gasteiger partial charge in [0.1, 0.15) is 6.29 Å². The number of carbonyl (C=O) groups excluding carboxylic acids is 1. The summed E-state index contributed by atoms with van der Waals surface area (Å²) >= 11 is 0. The fourth-order valence-corrected chi connectivity index (χ4v) is 2.83. The van der Waals surface area contributed by atoms with Crippen molar-refractivity contribution in [2.75, 3.05) is 6.54 Å². The van der Waals surface area contributed by atoms with E-state index < -0.39 is 10.0 Å². The smallest absolute Gasteiger partial charge is 0.241 e. The molecular formula is C12H11NO3S. The van der Waals surface area contributed by atoms with E-state index in [0.29, 0.717) is 11.7 Å². The van der Waals surface area contributed by atoms with Crippen LogP contribution in [-0.4, -0.2) is 21.2 Å². The minimum Gasteiger partial charge on any atom is -0.302 e. The lowest BCUT2D eigenvalue weighted by atomic mass is 10.1. The van der Waals surface area contributed by atoms with Crippen molar-refractivity contribution in [2.45, 2.75) is 4.90 Å². The van der Waals surface area contributed by atoms with E-state index in [1.807, 2.05) is 18.2 Å². The molecule has 2 aromatic carbocycles. The molecular weight excluding hydrogens is 238 g/mol. The van der Waals surface area contributed by atoms with Gasteiger partial charge in [-0.25, -0.2) is 13.1 Å². The van der Waals surface area contributed by atoms with Crippen LogP contribution in [0.4, 0.5) is 0 Å². The summed E-state index contributed by atoms with van der Waals surface area (Å²) in [5.41, 5.74) is 0. The second-order valence-corrected chi connectivity index (χ2v) is 5.23. The fourth-order valence-electron chi connectivity index (χ4n) is 1.65. The number of hydrogen-bond acceptors (Lipinski definition) is 3. The van der Waals surface area contributed by atoms with Crippen LogP contribution < -0.4 is 4.72 Å². The molecule has 0 aliphatic heterocycles. The molecule has 0 aliphatic carbocycles. The number of hydrogen-bond donors (Lipinski definition) is 1. The topological polar surface area (TPSA) is 63.2 Å². The van der Waals surface area contributed by atoms with Crippen LogP contribution in [0.25, 0.3) is 10.8 Å². The molecule has 5 heteroatoms. The second-order valence-electron chi connectivity index (χ2n) is 3.50. The average molecular weight is 249 g/mol.